The Bertz CT molecular complexity index is 579. The molecule has 1 aromatic carbocycles. The maximum absolute atomic E-state index is 5.66. The number of hydrogen-bond donors (Lipinski definition) is 0. The molecule has 2 aliphatic rings. The first-order valence-electron chi connectivity index (χ1n) is 7.78. The predicted molar refractivity (Wildman–Crippen MR) is 85.9 cm³/mol. The van der Waals surface area contributed by atoms with Crippen LogP contribution in [0.1, 0.15) is 17.7 Å². The molecule has 4 rings (SSSR count). The molecule has 0 amide bonds. The number of fused-ring (bicyclic) bond motifs is 1. The second kappa shape index (κ2) is 5.69. The number of thiophene rings is 1. The SMILES string of the molecule is c1ccc2sc(C3(N4CCOCC4)CCOCC3)cc2c1. The number of rotatable bonds is 2. The predicted octanol–water partition coefficient (Wildman–Crippen LogP) is 3.24. The molecule has 0 aliphatic carbocycles. The number of morpholine rings is 1. The topological polar surface area (TPSA) is 21.7 Å². The number of benzene rings is 1. The number of nitrogens with zero attached hydrogens (tertiary/aromatic N) is 1. The van der Waals surface area contributed by atoms with Crippen LogP contribution in [0, 0.1) is 0 Å². The van der Waals surface area contributed by atoms with Crippen molar-refractivity contribution in [3.63, 3.8) is 0 Å². The van der Waals surface area contributed by atoms with Gasteiger partial charge in [0.05, 0.1) is 18.8 Å². The van der Waals surface area contributed by atoms with Gasteiger partial charge in [0, 0.05) is 35.9 Å². The summed E-state index contributed by atoms with van der Waals surface area (Å²) in [5.41, 5.74) is 0.158. The lowest BCUT2D eigenvalue weighted by molar-refractivity contribution is -0.0730. The van der Waals surface area contributed by atoms with Crippen LogP contribution in [0.4, 0.5) is 0 Å². The maximum atomic E-state index is 5.66. The van der Waals surface area contributed by atoms with Crippen LogP contribution in [0.15, 0.2) is 30.3 Å². The van der Waals surface area contributed by atoms with Gasteiger partial charge in [-0.3, -0.25) is 4.90 Å². The van der Waals surface area contributed by atoms with Gasteiger partial charge in [-0.25, -0.2) is 0 Å². The summed E-state index contributed by atoms with van der Waals surface area (Å²) in [5.74, 6) is 0. The monoisotopic (exact) mass is 303 g/mol. The minimum atomic E-state index is 0.158. The van der Waals surface area contributed by atoms with Crippen LogP contribution in [0.3, 0.4) is 0 Å². The van der Waals surface area contributed by atoms with Crippen LogP contribution >= 0.6 is 11.3 Å². The lowest BCUT2D eigenvalue weighted by Crippen LogP contribution is -2.53. The first-order chi connectivity index (χ1) is 10.4. The average Bonchev–Trinajstić information content (AvgIpc) is 3.01. The van der Waals surface area contributed by atoms with E-state index >= 15 is 0 Å². The fourth-order valence-electron chi connectivity index (χ4n) is 3.63. The van der Waals surface area contributed by atoms with E-state index in [0.717, 1.165) is 52.4 Å². The zero-order valence-electron chi connectivity index (χ0n) is 12.2. The molecule has 3 heterocycles. The lowest BCUT2D eigenvalue weighted by atomic mass is 9.85. The second-order valence-electron chi connectivity index (χ2n) is 5.89. The van der Waals surface area contributed by atoms with Crippen molar-refractivity contribution in [2.24, 2.45) is 0 Å². The Balaban J connectivity index is 1.77. The van der Waals surface area contributed by atoms with Gasteiger partial charge >= 0.3 is 0 Å². The van der Waals surface area contributed by atoms with Crippen molar-refractivity contribution in [2.75, 3.05) is 39.5 Å². The normalized spacial score (nSPS) is 23.4. The molecule has 0 unspecified atom stereocenters. The van der Waals surface area contributed by atoms with Crippen LogP contribution in [-0.4, -0.2) is 44.4 Å². The fourth-order valence-corrected chi connectivity index (χ4v) is 4.97. The van der Waals surface area contributed by atoms with Gasteiger partial charge in [0.1, 0.15) is 0 Å². The first-order valence-corrected chi connectivity index (χ1v) is 8.60. The summed E-state index contributed by atoms with van der Waals surface area (Å²) in [7, 11) is 0. The quantitative estimate of drug-likeness (QED) is 0.850. The maximum Gasteiger partial charge on any atom is 0.0599 e. The molecular formula is C17H21NO2S. The third-order valence-electron chi connectivity index (χ3n) is 4.82. The van der Waals surface area contributed by atoms with E-state index in [2.05, 4.69) is 35.2 Å². The highest BCUT2D eigenvalue weighted by Crippen LogP contribution is 2.43. The van der Waals surface area contributed by atoms with E-state index in [9.17, 15) is 0 Å². The summed E-state index contributed by atoms with van der Waals surface area (Å²) < 4.78 is 12.6. The third-order valence-corrected chi connectivity index (χ3v) is 6.13. The van der Waals surface area contributed by atoms with E-state index in [0.29, 0.717) is 0 Å². The van der Waals surface area contributed by atoms with Crippen LogP contribution in [-0.2, 0) is 15.0 Å². The van der Waals surface area contributed by atoms with Crippen molar-refractivity contribution in [2.45, 2.75) is 18.4 Å². The number of ether oxygens (including phenoxy) is 2. The van der Waals surface area contributed by atoms with Crippen molar-refractivity contribution in [1.82, 2.24) is 4.90 Å². The Hall–Kier alpha value is -0.940. The average molecular weight is 303 g/mol. The van der Waals surface area contributed by atoms with Gasteiger partial charge in [-0.05, 0) is 30.4 Å². The standard InChI is InChI=1S/C17H21NO2S/c1-2-4-15-14(3-1)13-16(21-15)17(5-9-19-10-6-17)18-7-11-20-12-8-18/h1-4,13H,5-12H2. The van der Waals surface area contributed by atoms with Crippen LogP contribution in [0.25, 0.3) is 10.1 Å². The Labute approximate surface area is 129 Å². The van der Waals surface area contributed by atoms with Crippen molar-refractivity contribution in [1.29, 1.82) is 0 Å². The molecule has 4 heteroatoms. The molecule has 0 bridgehead atoms. The number of hydrogen-bond acceptors (Lipinski definition) is 4. The molecule has 2 aliphatic heterocycles. The highest BCUT2D eigenvalue weighted by molar-refractivity contribution is 7.19. The summed E-state index contributed by atoms with van der Waals surface area (Å²) >= 11 is 1.96. The molecule has 2 fully saturated rings. The van der Waals surface area contributed by atoms with Gasteiger partial charge in [-0.1, -0.05) is 18.2 Å². The Morgan fingerprint density at radius 2 is 1.67 bits per heavy atom. The Kier molecular flexibility index (Phi) is 3.71. The molecule has 0 saturated carbocycles. The molecule has 21 heavy (non-hydrogen) atoms. The molecule has 3 nitrogen and oxygen atoms in total. The van der Waals surface area contributed by atoms with E-state index in [1.54, 1.807) is 0 Å². The Morgan fingerprint density at radius 1 is 0.952 bits per heavy atom. The molecular weight excluding hydrogens is 282 g/mol. The highest BCUT2D eigenvalue weighted by Gasteiger charge is 2.41. The van der Waals surface area contributed by atoms with Crippen molar-refractivity contribution in [3.05, 3.63) is 35.2 Å². The third kappa shape index (κ3) is 2.40. The minimum absolute atomic E-state index is 0.158. The lowest BCUT2D eigenvalue weighted by Gasteiger charge is -2.47. The largest absolute Gasteiger partial charge is 0.381 e. The molecule has 112 valence electrons. The first kappa shape index (κ1) is 13.7. The van der Waals surface area contributed by atoms with Gasteiger partial charge in [0.25, 0.3) is 0 Å². The zero-order chi connectivity index (χ0) is 14.1. The van der Waals surface area contributed by atoms with Crippen LogP contribution in [0.5, 0.6) is 0 Å². The van der Waals surface area contributed by atoms with E-state index in [1.807, 2.05) is 11.3 Å². The molecule has 0 radical (unpaired) electrons. The van der Waals surface area contributed by atoms with Gasteiger partial charge in [-0.2, -0.15) is 0 Å². The minimum Gasteiger partial charge on any atom is -0.381 e. The highest BCUT2D eigenvalue weighted by atomic mass is 32.1. The van der Waals surface area contributed by atoms with Gasteiger partial charge in [0.2, 0.25) is 0 Å². The summed E-state index contributed by atoms with van der Waals surface area (Å²) in [5, 5.41) is 1.37. The van der Waals surface area contributed by atoms with Crippen molar-refractivity contribution >= 4 is 21.4 Å². The molecule has 0 spiro atoms. The van der Waals surface area contributed by atoms with E-state index in [-0.39, 0.29) is 5.54 Å². The molecule has 1 aromatic heterocycles. The van der Waals surface area contributed by atoms with E-state index in [1.165, 1.54) is 15.0 Å². The molecule has 2 saturated heterocycles. The van der Waals surface area contributed by atoms with E-state index in [4.69, 9.17) is 9.47 Å². The summed E-state index contributed by atoms with van der Waals surface area (Å²) in [4.78, 5) is 4.15. The summed E-state index contributed by atoms with van der Waals surface area (Å²) in [6.07, 6.45) is 2.19. The van der Waals surface area contributed by atoms with Gasteiger partial charge in [0.15, 0.2) is 0 Å². The molecule has 2 aromatic rings. The summed E-state index contributed by atoms with van der Waals surface area (Å²) in [6.45, 7) is 5.51. The van der Waals surface area contributed by atoms with Gasteiger partial charge in [-0.15, -0.1) is 11.3 Å². The van der Waals surface area contributed by atoms with Crippen molar-refractivity contribution in [3.8, 4) is 0 Å². The van der Waals surface area contributed by atoms with Crippen LogP contribution in [0.2, 0.25) is 0 Å². The fraction of sp³-hybridized carbons (Fsp3) is 0.529. The second-order valence-corrected chi connectivity index (χ2v) is 6.98. The van der Waals surface area contributed by atoms with Gasteiger partial charge < -0.3 is 9.47 Å². The zero-order valence-corrected chi connectivity index (χ0v) is 13.0. The van der Waals surface area contributed by atoms with Crippen molar-refractivity contribution < 1.29 is 9.47 Å². The molecule has 0 atom stereocenters. The Morgan fingerprint density at radius 3 is 2.43 bits per heavy atom. The summed E-state index contributed by atoms with van der Waals surface area (Å²) in [6, 6.07) is 11.1. The molecule has 0 N–H and O–H groups in total. The van der Waals surface area contributed by atoms with E-state index < -0.39 is 0 Å². The smallest absolute Gasteiger partial charge is 0.0599 e. The van der Waals surface area contributed by atoms with Crippen LogP contribution < -0.4 is 0 Å².